The van der Waals surface area contributed by atoms with Gasteiger partial charge in [-0.15, -0.1) is 5.10 Å². The SMILES string of the molecule is Cc1nnnn1[C@@H](C(=O)NCc1cnn2cccnc12)c1ccccc1. The van der Waals surface area contributed by atoms with Crippen LogP contribution in [-0.2, 0) is 11.3 Å². The summed E-state index contributed by atoms with van der Waals surface area (Å²) in [7, 11) is 0. The van der Waals surface area contributed by atoms with Crippen LogP contribution in [0, 0.1) is 6.92 Å². The van der Waals surface area contributed by atoms with Crippen LogP contribution in [0.3, 0.4) is 0 Å². The van der Waals surface area contributed by atoms with Crippen LogP contribution in [0.2, 0.25) is 0 Å². The highest BCUT2D eigenvalue weighted by Gasteiger charge is 2.25. The Kier molecular flexibility index (Phi) is 4.10. The lowest BCUT2D eigenvalue weighted by Crippen LogP contribution is -2.34. The zero-order chi connectivity index (χ0) is 17.9. The first-order chi connectivity index (χ1) is 12.7. The lowest BCUT2D eigenvalue weighted by Gasteiger charge is -2.17. The molecule has 3 aromatic heterocycles. The van der Waals surface area contributed by atoms with E-state index in [1.807, 2.05) is 36.5 Å². The molecule has 0 aliphatic heterocycles. The van der Waals surface area contributed by atoms with Crippen molar-refractivity contribution in [3.63, 3.8) is 0 Å². The lowest BCUT2D eigenvalue weighted by molar-refractivity contribution is -0.123. The lowest BCUT2D eigenvalue weighted by atomic mass is 10.1. The normalized spacial score (nSPS) is 12.2. The van der Waals surface area contributed by atoms with E-state index in [1.54, 1.807) is 29.9 Å². The Morgan fingerprint density at radius 2 is 2.08 bits per heavy atom. The van der Waals surface area contributed by atoms with Gasteiger partial charge in [0.1, 0.15) is 5.82 Å². The van der Waals surface area contributed by atoms with Gasteiger partial charge in [-0.25, -0.2) is 14.2 Å². The first-order valence-corrected chi connectivity index (χ1v) is 8.08. The predicted molar refractivity (Wildman–Crippen MR) is 92.0 cm³/mol. The van der Waals surface area contributed by atoms with Crippen LogP contribution in [0.1, 0.15) is 23.0 Å². The molecule has 0 saturated heterocycles. The van der Waals surface area contributed by atoms with Crippen molar-refractivity contribution < 1.29 is 4.79 Å². The van der Waals surface area contributed by atoms with Crippen molar-refractivity contribution in [2.24, 2.45) is 0 Å². The number of rotatable bonds is 5. The minimum Gasteiger partial charge on any atom is -0.350 e. The summed E-state index contributed by atoms with van der Waals surface area (Å²) in [6, 6.07) is 10.6. The van der Waals surface area contributed by atoms with Crippen LogP contribution < -0.4 is 5.32 Å². The molecule has 26 heavy (non-hydrogen) atoms. The highest BCUT2D eigenvalue weighted by atomic mass is 16.2. The summed E-state index contributed by atoms with van der Waals surface area (Å²) in [5.41, 5.74) is 2.35. The molecular formula is C17H16N8O. The molecule has 9 heteroatoms. The van der Waals surface area contributed by atoms with Gasteiger partial charge in [-0.3, -0.25) is 4.79 Å². The number of aromatic nitrogens is 7. The fourth-order valence-electron chi connectivity index (χ4n) is 2.80. The molecule has 1 N–H and O–H groups in total. The molecule has 1 aromatic carbocycles. The predicted octanol–water partition coefficient (Wildman–Crippen LogP) is 0.930. The highest BCUT2D eigenvalue weighted by Crippen LogP contribution is 2.19. The van der Waals surface area contributed by atoms with Crippen molar-refractivity contribution in [2.75, 3.05) is 0 Å². The largest absolute Gasteiger partial charge is 0.350 e. The van der Waals surface area contributed by atoms with Crippen LogP contribution in [0.4, 0.5) is 0 Å². The second kappa shape index (κ2) is 6.71. The average molecular weight is 348 g/mol. The van der Waals surface area contributed by atoms with Gasteiger partial charge < -0.3 is 5.32 Å². The number of benzene rings is 1. The number of tetrazole rings is 1. The van der Waals surface area contributed by atoms with Gasteiger partial charge in [0.05, 0.1) is 6.20 Å². The van der Waals surface area contributed by atoms with Crippen molar-refractivity contribution in [1.82, 2.24) is 40.1 Å². The zero-order valence-electron chi connectivity index (χ0n) is 14.0. The number of nitrogens with zero attached hydrogens (tertiary/aromatic N) is 7. The minimum atomic E-state index is -0.652. The van der Waals surface area contributed by atoms with Crippen molar-refractivity contribution >= 4 is 11.6 Å². The van der Waals surface area contributed by atoms with E-state index in [-0.39, 0.29) is 5.91 Å². The summed E-state index contributed by atoms with van der Waals surface area (Å²) in [5.74, 6) is 0.355. The van der Waals surface area contributed by atoms with E-state index in [1.165, 1.54) is 4.68 Å². The number of hydrogen-bond acceptors (Lipinski definition) is 6. The standard InChI is InChI=1S/C17H16N8O/c1-12-21-22-23-25(12)15(13-6-3-2-4-7-13)17(26)19-10-14-11-20-24-9-5-8-18-16(14)24/h2-9,11,15H,10H2,1H3,(H,19,26)/t15-/m1/s1. The number of carbonyl (C=O) groups excluding carboxylic acids is 1. The third-order valence-electron chi connectivity index (χ3n) is 4.07. The van der Waals surface area contributed by atoms with E-state index in [2.05, 4.69) is 30.9 Å². The maximum atomic E-state index is 13.0. The van der Waals surface area contributed by atoms with Gasteiger partial charge in [0.2, 0.25) is 5.91 Å². The molecule has 0 fully saturated rings. The Hall–Kier alpha value is -3.62. The van der Waals surface area contributed by atoms with Crippen molar-refractivity contribution in [1.29, 1.82) is 0 Å². The Labute approximate surface area is 148 Å². The maximum Gasteiger partial charge on any atom is 0.249 e. The molecule has 1 atom stereocenters. The monoisotopic (exact) mass is 348 g/mol. The fourth-order valence-corrected chi connectivity index (χ4v) is 2.80. The molecule has 0 saturated carbocycles. The Morgan fingerprint density at radius 3 is 2.85 bits per heavy atom. The van der Waals surface area contributed by atoms with Crippen LogP contribution in [0.15, 0.2) is 55.0 Å². The first kappa shape index (κ1) is 15.9. The summed E-state index contributed by atoms with van der Waals surface area (Å²) in [6.45, 7) is 2.07. The van der Waals surface area contributed by atoms with Gasteiger partial charge >= 0.3 is 0 Å². The zero-order valence-corrected chi connectivity index (χ0v) is 14.0. The molecule has 0 bridgehead atoms. The summed E-state index contributed by atoms with van der Waals surface area (Å²) < 4.78 is 3.18. The van der Waals surface area contributed by atoms with Crippen molar-refractivity contribution in [3.8, 4) is 0 Å². The smallest absolute Gasteiger partial charge is 0.249 e. The van der Waals surface area contributed by atoms with E-state index in [9.17, 15) is 4.79 Å². The molecular weight excluding hydrogens is 332 g/mol. The van der Waals surface area contributed by atoms with Crippen LogP contribution >= 0.6 is 0 Å². The summed E-state index contributed by atoms with van der Waals surface area (Å²) in [5, 5.41) is 18.7. The molecule has 0 unspecified atom stereocenters. The van der Waals surface area contributed by atoms with E-state index in [0.29, 0.717) is 18.0 Å². The average Bonchev–Trinajstić information content (AvgIpc) is 3.28. The summed E-state index contributed by atoms with van der Waals surface area (Å²) in [4.78, 5) is 17.2. The molecule has 3 heterocycles. The maximum absolute atomic E-state index is 13.0. The number of aryl methyl sites for hydroxylation is 1. The quantitative estimate of drug-likeness (QED) is 0.575. The summed E-state index contributed by atoms with van der Waals surface area (Å²) in [6.07, 6.45) is 5.20. The summed E-state index contributed by atoms with van der Waals surface area (Å²) >= 11 is 0. The Balaban J connectivity index is 1.60. The molecule has 0 aliphatic carbocycles. The molecule has 0 radical (unpaired) electrons. The van der Waals surface area contributed by atoms with E-state index < -0.39 is 6.04 Å². The Bertz CT molecular complexity index is 1040. The number of nitrogens with one attached hydrogen (secondary N) is 1. The van der Waals surface area contributed by atoms with Gasteiger partial charge in [-0.1, -0.05) is 30.3 Å². The second-order valence-corrected chi connectivity index (χ2v) is 5.76. The molecule has 1 amide bonds. The van der Waals surface area contributed by atoms with Gasteiger partial charge in [0, 0.05) is 24.5 Å². The molecule has 0 spiro atoms. The van der Waals surface area contributed by atoms with Crippen LogP contribution in [0.25, 0.3) is 5.65 Å². The molecule has 130 valence electrons. The minimum absolute atomic E-state index is 0.207. The van der Waals surface area contributed by atoms with E-state index in [4.69, 9.17) is 0 Å². The number of hydrogen-bond donors (Lipinski definition) is 1. The van der Waals surface area contributed by atoms with Crippen molar-refractivity contribution in [2.45, 2.75) is 19.5 Å². The highest BCUT2D eigenvalue weighted by molar-refractivity contribution is 5.83. The topological polar surface area (TPSA) is 103 Å². The number of fused-ring (bicyclic) bond motifs is 1. The number of carbonyl (C=O) groups is 1. The Morgan fingerprint density at radius 1 is 1.23 bits per heavy atom. The van der Waals surface area contributed by atoms with Crippen LogP contribution in [0.5, 0.6) is 0 Å². The third-order valence-corrected chi connectivity index (χ3v) is 4.07. The molecule has 0 aliphatic rings. The van der Waals surface area contributed by atoms with Crippen LogP contribution in [-0.4, -0.2) is 40.7 Å². The molecule has 9 nitrogen and oxygen atoms in total. The van der Waals surface area contributed by atoms with Gasteiger partial charge in [-0.2, -0.15) is 5.10 Å². The molecule has 4 rings (SSSR count). The number of amides is 1. The first-order valence-electron chi connectivity index (χ1n) is 8.08. The third kappa shape index (κ3) is 2.90. The van der Waals surface area contributed by atoms with E-state index >= 15 is 0 Å². The van der Waals surface area contributed by atoms with E-state index in [0.717, 1.165) is 11.1 Å². The van der Waals surface area contributed by atoms with Crippen molar-refractivity contribution in [3.05, 3.63) is 71.9 Å². The molecule has 4 aromatic rings. The fraction of sp³-hybridized carbons (Fsp3) is 0.176. The van der Waals surface area contributed by atoms with Gasteiger partial charge in [-0.05, 0) is 29.0 Å². The second-order valence-electron chi connectivity index (χ2n) is 5.76. The van der Waals surface area contributed by atoms with Gasteiger partial charge in [0.25, 0.3) is 0 Å². The van der Waals surface area contributed by atoms with Gasteiger partial charge in [0.15, 0.2) is 11.7 Å².